The lowest BCUT2D eigenvalue weighted by atomic mass is 9.97. The highest BCUT2D eigenvalue weighted by atomic mass is 32.2. The van der Waals surface area contributed by atoms with E-state index < -0.39 is 10.0 Å². The van der Waals surface area contributed by atoms with Gasteiger partial charge < -0.3 is 20.2 Å². The van der Waals surface area contributed by atoms with Crippen LogP contribution in [0.1, 0.15) is 35.8 Å². The Morgan fingerprint density at radius 1 is 1.00 bits per heavy atom. The number of nitrogens with zero attached hydrogens (tertiary/aromatic N) is 3. The van der Waals surface area contributed by atoms with Gasteiger partial charge in [0.25, 0.3) is 0 Å². The number of hydrogen-bond donors (Lipinski definition) is 2. The van der Waals surface area contributed by atoms with E-state index in [0.29, 0.717) is 48.7 Å². The second-order valence-corrected chi connectivity index (χ2v) is 11.7. The van der Waals surface area contributed by atoms with Gasteiger partial charge in [0.05, 0.1) is 22.8 Å². The van der Waals surface area contributed by atoms with Crippen LogP contribution in [0.15, 0.2) is 60.7 Å². The number of aromatic nitrogens is 3. The lowest BCUT2D eigenvalue weighted by Crippen LogP contribution is -2.38. The largest absolute Gasteiger partial charge is 0.454 e. The summed E-state index contributed by atoms with van der Waals surface area (Å²) in [6.07, 6.45) is 1.33. The van der Waals surface area contributed by atoms with E-state index in [1.165, 1.54) is 0 Å². The molecule has 0 atom stereocenters. The van der Waals surface area contributed by atoms with Crippen LogP contribution >= 0.6 is 0 Å². The number of hydrogen-bond acceptors (Lipinski definition) is 7. The van der Waals surface area contributed by atoms with Gasteiger partial charge in [0.15, 0.2) is 11.5 Å². The van der Waals surface area contributed by atoms with Gasteiger partial charge in [0, 0.05) is 36.0 Å². The first-order chi connectivity index (χ1) is 18.4. The monoisotopic (exact) mass is 531 g/mol. The molecular weight excluding hydrogens is 502 g/mol. The minimum Gasteiger partial charge on any atom is -0.454 e. The summed E-state index contributed by atoms with van der Waals surface area (Å²) in [6, 6.07) is 18.8. The summed E-state index contributed by atoms with van der Waals surface area (Å²) in [5.74, 6) is 2.23. The van der Waals surface area contributed by atoms with Crippen molar-refractivity contribution in [2.45, 2.75) is 31.4 Å². The molecule has 10 heteroatoms. The maximum absolute atomic E-state index is 13.1. The number of nitrogen functional groups attached to an aromatic ring is 1. The standard InChI is InChI=1S/C28H29N5O4S/c1-18-5-4-8-23(30-18)27-26(20-9-10-24-25(15-20)37-17-36-24)31-28(32-27)19-11-13-33(14-12-19)38(34,35)16-21-6-2-3-7-22(21)29/h2-10,15,19H,11-14,16-17,29H2,1H3,(H,31,32). The molecule has 9 nitrogen and oxygen atoms in total. The number of piperidine rings is 1. The van der Waals surface area contributed by atoms with Gasteiger partial charge in [-0.15, -0.1) is 0 Å². The van der Waals surface area contributed by atoms with Crippen molar-refractivity contribution >= 4 is 15.7 Å². The Morgan fingerprint density at radius 2 is 1.79 bits per heavy atom. The molecule has 2 aromatic carbocycles. The molecule has 0 saturated carbocycles. The highest BCUT2D eigenvalue weighted by Gasteiger charge is 2.31. The number of imidazole rings is 1. The van der Waals surface area contributed by atoms with Crippen molar-refractivity contribution in [1.29, 1.82) is 0 Å². The summed E-state index contributed by atoms with van der Waals surface area (Å²) in [6.45, 7) is 3.02. The van der Waals surface area contributed by atoms with Gasteiger partial charge in [-0.3, -0.25) is 4.98 Å². The van der Waals surface area contributed by atoms with Crippen LogP contribution in [0.4, 0.5) is 5.69 Å². The zero-order valence-corrected chi connectivity index (χ0v) is 21.9. The minimum absolute atomic E-state index is 0.0922. The van der Waals surface area contributed by atoms with E-state index in [1.807, 2.05) is 49.4 Å². The number of para-hydroxylation sites is 1. The molecule has 0 bridgehead atoms. The summed E-state index contributed by atoms with van der Waals surface area (Å²) < 4.78 is 38.9. The van der Waals surface area contributed by atoms with Gasteiger partial charge in [0.2, 0.25) is 16.8 Å². The smallest absolute Gasteiger partial charge is 0.231 e. The van der Waals surface area contributed by atoms with E-state index in [9.17, 15) is 8.42 Å². The second-order valence-electron chi connectivity index (χ2n) is 9.71. The molecule has 38 heavy (non-hydrogen) atoms. The Morgan fingerprint density at radius 3 is 2.58 bits per heavy atom. The molecule has 0 unspecified atom stereocenters. The third-order valence-corrected chi connectivity index (χ3v) is 8.97. The summed E-state index contributed by atoms with van der Waals surface area (Å²) >= 11 is 0. The number of sulfonamides is 1. The lowest BCUT2D eigenvalue weighted by Gasteiger charge is -2.30. The van der Waals surface area contributed by atoms with Crippen molar-refractivity contribution in [2.75, 3.05) is 25.6 Å². The quantitative estimate of drug-likeness (QED) is 0.352. The van der Waals surface area contributed by atoms with Crippen molar-refractivity contribution < 1.29 is 17.9 Å². The van der Waals surface area contributed by atoms with Crippen LogP contribution in [0.25, 0.3) is 22.6 Å². The summed E-state index contributed by atoms with van der Waals surface area (Å²) in [7, 11) is -3.48. The molecule has 2 aliphatic heterocycles. The van der Waals surface area contributed by atoms with Crippen LogP contribution in [0, 0.1) is 6.92 Å². The Kier molecular flexibility index (Phi) is 6.29. The fraction of sp³-hybridized carbons (Fsp3) is 0.286. The number of anilines is 1. The number of fused-ring (bicyclic) bond motifs is 1. The molecule has 0 amide bonds. The highest BCUT2D eigenvalue weighted by molar-refractivity contribution is 7.88. The number of aromatic amines is 1. The molecule has 1 saturated heterocycles. The van der Waals surface area contributed by atoms with Gasteiger partial charge in [-0.05, 0) is 61.7 Å². The predicted octanol–water partition coefficient (Wildman–Crippen LogP) is 4.47. The van der Waals surface area contributed by atoms with Crippen molar-refractivity contribution in [3.05, 3.63) is 77.7 Å². The number of ether oxygens (including phenoxy) is 2. The third-order valence-electron chi connectivity index (χ3n) is 7.14. The van der Waals surface area contributed by atoms with Crippen molar-refractivity contribution in [3.8, 4) is 34.1 Å². The Labute approximate surface area is 221 Å². The first kappa shape index (κ1) is 24.4. The molecule has 1 fully saturated rings. The van der Waals surface area contributed by atoms with Crippen molar-refractivity contribution in [2.24, 2.45) is 0 Å². The van der Waals surface area contributed by atoms with Gasteiger partial charge >= 0.3 is 0 Å². The van der Waals surface area contributed by atoms with Crippen molar-refractivity contribution in [1.82, 2.24) is 19.3 Å². The van der Waals surface area contributed by atoms with Crippen LogP contribution in [0.3, 0.4) is 0 Å². The first-order valence-electron chi connectivity index (χ1n) is 12.6. The molecule has 2 aromatic heterocycles. The van der Waals surface area contributed by atoms with Gasteiger partial charge in [-0.1, -0.05) is 24.3 Å². The molecule has 196 valence electrons. The number of nitrogens with one attached hydrogen (secondary N) is 1. The maximum Gasteiger partial charge on any atom is 0.231 e. The molecular formula is C28H29N5O4S. The topological polar surface area (TPSA) is 123 Å². The Hall–Kier alpha value is -3.89. The summed E-state index contributed by atoms with van der Waals surface area (Å²) in [5, 5.41) is 0. The van der Waals surface area contributed by atoms with Crippen LogP contribution in [-0.2, 0) is 15.8 Å². The van der Waals surface area contributed by atoms with E-state index >= 15 is 0 Å². The second kappa shape index (κ2) is 9.77. The number of nitrogens with two attached hydrogens (primary N) is 1. The third kappa shape index (κ3) is 4.72. The van der Waals surface area contributed by atoms with Crippen LogP contribution < -0.4 is 15.2 Å². The SMILES string of the molecule is Cc1cccc(-c2[nH]c(C3CCN(S(=O)(=O)Cc4ccccc4N)CC3)nc2-c2ccc3c(c2)OCO3)n1. The van der Waals surface area contributed by atoms with E-state index in [1.54, 1.807) is 22.5 Å². The Bertz CT molecular complexity index is 1590. The average molecular weight is 532 g/mol. The van der Waals surface area contributed by atoms with Crippen molar-refractivity contribution in [3.63, 3.8) is 0 Å². The molecule has 4 aromatic rings. The molecule has 3 N–H and O–H groups in total. The maximum atomic E-state index is 13.1. The zero-order chi connectivity index (χ0) is 26.3. The first-order valence-corrected chi connectivity index (χ1v) is 14.2. The van der Waals surface area contributed by atoms with Crippen LogP contribution in [0.2, 0.25) is 0 Å². The summed E-state index contributed by atoms with van der Waals surface area (Å²) in [5.41, 5.74) is 11.3. The average Bonchev–Trinajstić information content (AvgIpc) is 3.57. The molecule has 0 aliphatic carbocycles. The lowest BCUT2D eigenvalue weighted by molar-refractivity contribution is 0.174. The van der Waals surface area contributed by atoms with E-state index in [4.69, 9.17) is 25.2 Å². The van der Waals surface area contributed by atoms with Crippen LogP contribution in [0.5, 0.6) is 11.5 Å². The fourth-order valence-corrected chi connectivity index (χ4v) is 6.67. The number of H-pyrrole nitrogens is 1. The molecule has 0 radical (unpaired) electrons. The predicted molar refractivity (Wildman–Crippen MR) is 145 cm³/mol. The summed E-state index contributed by atoms with van der Waals surface area (Å²) in [4.78, 5) is 13.3. The molecule has 4 heterocycles. The normalized spacial score (nSPS) is 16.1. The van der Waals surface area contributed by atoms with E-state index in [2.05, 4.69) is 4.98 Å². The number of rotatable bonds is 6. The van der Waals surface area contributed by atoms with E-state index in [-0.39, 0.29) is 18.5 Å². The molecule has 0 spiro atoms. The van der Waals surface area contributed by atoms with Gasteiger partial charge in [-0.25, -0.2) is 17.7 Å². The minimum atomic E-state index is -3.48. The fourth-order valence-electron chi connectivity index (χ4n) is 5.07. The molecule has 2 aliphatic rings. The highest BCUT2D eigenvalue weighted by Crippen LogP contribution is 2.39. The number of aryl methyl sites for hydroxylation is 1. The Balaban J connectivity index is 1.26. The zero-order valence-electron chi connectivity index (χ0n) is 21.1. The number of pyridine rings is 1. The van der Waals surface area contributed by atoms with Gasteiger partial charge in [-0.2, -0.15) is 0 Å². The van der Waals surface area contributed by atoms with Gasteiger partial charge in [0.1, 0.15) is 5.82 Å². The van der Waals surface area contributed by atoms with E-state index in [0.717, 1.165) is 34.2 Å². The molecule has 6 rings (SSSR count). The van der Waals surface area contributed by atoms with Crippen LogP contribution in [-0.4, -0.2) is 47.6 Å². The number of benzene rings is 2.